The fourth-order valence-corrected chi connectivity index (χ4v) is 1.36. The van der Waals surface area contributed by atoms with Crippen LogP contribution in [-0.2, 0) is 20.8 Å². The Balaban J connectivity index is 2.57. The van der Waals surface area contributed by atoms with Gasteiger partial charge in [0, 0.05) is 19.0 Å². The maximum absolute atomic E-state index is 11.2. The van der Waals surface area contributed by atoms with Crippen molar-refractivity contribution in [3.8, 4) is 0 Å². The summed E-state index contributed by atoms with van der Waals surface area (Å²) in [5.41, 5.74) is 7.29. The summed E-state index contributed by atoms with van der Waals surface area (Å²) in [7, 11) is 0. The molecule has 0 bridgehead atoms. The smallest absolute Gasteiger partial charge is 0.337 e. The number of hydrogen-bond donors (Lipinski definition) is 2. The molecule has 0 unspecified atom stereocenters. The van der Waals surface area contributed by atoms with Crippen LogP contribution in [0.5, 0.6) is 0 Å². The third-order valence-electron chi connectivity index (χ3n) is 2.38. The second kappa shape index (κ2) is 7.28. The van der Waals surface area contributed by atoms with Gasteiger partial charge in [-0.05, 0) is 17.7 Å². The lowest BCUT2D eigenvalue weighted by Crippen LogP contribution is -2.18. The maximum atomic E-state index is 11.2. The van der Waals surface area contributed by atoms with Crippen molar-refractivity contribution in [2.24, 2.45) is 16.8 Å². The predicted molar refractivity (Wildman–Crippen MR) is 77.0 cm³/mol. The Morgan fingerprint density at radius 2 is 1.90 bits per heavy atom. The van der Waals surface area contributed by atoms with E-state index in [1.807, 2.05) is 12.1 Å². The lowest BCUT2D eigenvalue weighted by molar-refractivity contribution is -0.147. The molecule has 0 aliphatic heterocycles. The summed E-state index contributed by atoms with van der Waals surface area (Å²) in [6.07, 6.45) is 0.367. The molecule has 1 aromatic rings. The molecule has 0 fully saturated rings. The zero-order valence-corrected chi connectivity index (χ0v) is 11.8. The highest BCUT2D eigenvalue weighted by Gasteiger charge is 2.08. The lowest BCUT2D eigenvalue weighted by Gasteiger charge is -2.05. The van der Waals surface area contributed by atoms with Crippen LogP contribution in [0.25, 0.3) is 0 Å². The predicted octanol–water partition coefficient (Wildman–Crippen LogP) is 1.66. The minimum atomic E-state index is -0.422. The van der Waals surface area contributed by atoms with E-state index in [0.29, 0.717) is 12.1 Å². The molecule has 0 saturated heterocycles. The molecule has 6 heteroatoms. The molecule has 20 heavy (non-hydrogen) atoms. The first-order chi connectivity index (χ1) is 9.38. The van der Waals surface area contributed by atoms with Gasteiger partial charge in [-0.3, -0.25) is 4.79 Å². The molecule has 0 aromatic heterocycles. The average Bonchev–Trinajstić information content (AvgIpc) is 2.37. The van der Waals surface area contributed by atoms with E-state index in [9.17, 15) is 9.59 Å². The third kappa shape index (κ3) is 5.51. The van der Waals surface area contributed by atoms with Gasteiger partial charge >= 0.3 is 5.97 Å². The summed E-state index contributed by atoms with van der Waals surface area (Å²) in [6, 6.07) is 7.17. The van der Waals surface area contributed by atoms with Gasteiger partial charge in [-0.15, -0.1) is 0 Å². The number of amidine groups is 1. The van der Waals surface area contributed by atoms with E-state index in [0.717, 1.165) is 5.56 Å². The molecule has 6 nitrogen and oxygen atoms in total. The summed E-state index contributed by atoms with van der Waals surface area (Å²) >= 11 is 0. The van der Waals surface area contributed by atoms with Gasteiger partial charge < -0.3 is 15.9 Å². The van der Waals surface area contributed by atoms with E-state index in [-0.39, 0.29) is 17.7 Å². The van der Waals surface area contributed by atoms with Crippen LogP contribution in [0.2, 0.25) is 0 Å². The Hall–Kier alpha value is -2.37. The fourth-order valence-electron chi connectivity index (χ4n) is 1.36. The van der Waals surface area contributed by atoms with Crippen molar-refractivity contribution in [3.63, 3.8) is 0 Å². The fraction of sp³-hybridized carbons (Fsp3) is 0.357. The minimum absolute atomic E-state index is 0.126. The Bertz CT molecular complexity index is 507. The molecular formula is C14H19N3O3. The first-order valence-electron chi connectivity index (χ1n) is 6.28. The topological polar surface area (TPSA) is 93.8 Å². The number of benzene rings is 1. The van der Waals surface area contributed by atoms with Crippen molar-refractivity contribution in [1.82, 2.24) is 0 Å². The quantitative estimate of drug-likeness (QED) is 0.370. The van der Waals surface area contributed by atoms with Gasteiger partial charge in [0.25, 0.3) is 0 Å². The van der Waals surface area contributed by atoms with Crippen molar-refractivity contribution in [3.05, 3.63) is 29.8 Å². The van der Waals surface area contributed by atoms with Gasteiger partial charge in [0.15, 0.2) is 0 Å². The summed E-state index contributed by atoms with van der Waals surface area (Å²) in [5.74, 6) is -0.580. The third-order valence-corrected chi connectivity index (χ3v) is 2.38. The molecule has 108 valence electrons. The number of anilines is 1. The highest BCUT2D eigenvalue weighted by Crippen LogP contribution is 2.10. The second-order valence-electron chi connectivity index (χ2n) is 4.70. The summed E-state index contributed by atoms with van der Waals surface area (Å²) in [6.45, 7) is 4.88. The molecule has 0 aliphatic carbocycles. The Morgan fingerprint density at radius 1 is 1.30 bits per heavy atom. The monoisotopic (exact) mass is 277 g/mol. The number of nitrogens with two attached hydrogens (primary N) is 1. The van der Waals surface area contributed by atoms with E-state index in [1.54, 1.807) is 26.0 Å². The number of carbonyl (C=O) groups is 2. The number of rotatable bonds is 5. The number of nitrogens with one attached hydrogen (secondary N) is 1. The van der Waals surface area contributed by atoms with Gasteiger partial charge in [-0.25, -0.2) is 4.79 Å². The van der Waals surface area contributed by atoms with E-state index in [4.69, 9.17) is 5.73 Å². The zero-order chi connectivity index (χ0) is 15.1. The number of carbonyl (C=O) groups excluding carboxylic acids is 2. The molecule has 0 heterocycles. The summed E-state index contributed by atoms with van der Waals surface area (Å²) in [5, 5.41) is 6.25. The van der Waals surface area contributed by atoms with Gasteiger partial charge in [0.1, 0.15) is 5.84 Å². The first-order valence-corrected chi connectivity index (χ1v) is 6.28. The molecule has 0 aliphatic rings. The number of amides is 1. The molecule has 1 aromatic carbocycles. The van der Waals surface area contributed by atoms with E-state index in [2.05, 4.69) is 15.3 Å². The highest BCUT2D eigenvalue weighted by molar-refractivity contribution is 5.88. The molecule has 1 rings (SSSR count). The number of hydrogen-bond acceptors (Lipinski definition) is 4. The van der Waals surface area contributed by atoms with Crippen molar-refractivity contribution in [1.29, 1.82) is 0 Å². The zero-order valence-electron chi connectivity index (χ0n) is 11.8. The van der Waals surface area contributed by atoms with Gasteiger partial charge in [-0.2, -0.15) is 0 Å². The summed E-state index contributed by atoms with van der Waals surface area (Å²) in [4.78, 5) is 26.8. The molecule has 0 spiro atoms. The van der Waals surface area contributed by atoms with Crippen LogP contribution in [0.15, 0.2) is 29.4 Å². The first kappa shape index (κ1) is 15.7. The highest BCUT2D eigenvalue weighted by atomic mass is 16.7. The van der Waals surface area contributed by atoms with Gasteiger partial charge in [0.05, 0.1) is 5.92 Å². The van der Waals surface area contributed by atoms with Crippen molar-refractivity contribution in [2.75, 3.05) is 5.32 Å². The summed E-state index contributed by atoms with van der Waals surface area (Å²) < 4.78 is 0. The number of oxime groups is 1. The Labute approximate surface area is 118 Å². The number of nitrogens with zero attached hydrogens (tertiary/aromatic N) is 1. The lowest BCUT2D eigenvalue weighted by atomic mass is 10.1. The maximum Gasteiger partial charge on any atom is 0.337 e. The van der Waals surface area contributed by atoms with Gasteiger partial charge in [-0.1, -0.05) is 31.1 Å². The largest absolute Gasteiger partial charge is 0.384 e. The van der Waals surface area contributed by atoms with Crippen LogP contribution in [0.1, 0.15) is 26.3 Å². The molecule has 0 radical (unpaired) electrons. The minimum Gasteiger partial charge on any atom is -0.384 e. The Kier molecular flexibility index (Phi) is 5.71. The van der Waals surface area contributed by atoms with Crippen molar-refractivity contribution in [2.45, 2.75) is 27.2 Å². The standard InChI is InChI=1S/C14H19N3O3/c1-9(2)14(19)20-17-13(15)8-11-4-6-12(7-5-11)16-10(3)18/h4-7,9H,8H2,1-3H3,(H2,15,17)(H,16,18). The molecule has 0 saturated carbocycles. The van der Waals surface area contributed by atoms with Crippen LogP contribution >= 0.6 is 0 Å². The van der Waals surface area contributed by atoms with E-state index >= 15 is 0 Å². The average molecular weight is 277 g/mol. The SMILES string of the molecule is CC(=O)Nc1ccc(C/C(N)=N/OC(=O)C(C)C)cc1. The van der Waals surface area contributed by atoms with Crippen LogP contribution in [0, 0.1) is 5.92 Å². The normalized spacial score (nSPS) is 11.3. The molecule has 3 N–H and O–H groups in total. The molecule has 0 atom stereocenters. The van der Waals surface area contributed by atoms with Gasteiger partial charge in [0.2, 0.25) is 5.91 Å². The van der Waals surface area contributed by atoms with Crippen LogP contribution in [-0.4, -0.2) is 17.7 Å². The molecular weight excluding hydrogens is 258 g/mol. The van der Waals surface area contributed by atoms with Crippen molar-refractivity contribution < 1.29 is 14.4 Å². The second-order valence-corrected chi connectivity index (χ2v) is 4.70. The van der Waals surface area contributed by atoms with Crippen molar-refractivity contribution >= 4 is 23.4 Å². The van der Waals surface area contributed by atoms with E-state index < -0.39 is 5.97 Å². The van der Waals surface area contributed by atoms with Crippen LogP contribution < -0.4 is 11.1 Å². The van der Waals surface area contributed by atoms with E-state index in [1.165, 1.54) is 6.92 Å². The van der Waals surface area contributed by atoms with Crippen LogP contribution in [0.4, 0.5) is 5.69 Å². The van der Waals surface area contributed by atoms with Crippen LogP contribution in [0.3, 0.4) is 0 Å². The molecule has 1 amide bonds. The Morgan fingerprint density at radius 3 is 2.40 bits per heavy atom.